The van der Waals surface area contributed by atoms with Crippen molar-refractivity contribution in [2.75, 3.05) is 36.4 Å². The second-order valence-electron chi connectivity index (χ2n) is 6.62. The van der Waals surface area contributed by atoms with Crippen LogP contribution in [0.2, 0.25) is 0 Å². The van der Waals surface area contributed by atoms with Gasteiger partial charge in [0.1, 0.15) is 0 Å². The molecule has 1 amide bonds. The van der Waals surface area contributed by atoms with Crippen LogP contribution >= 0.6 is 0 Å². The first-order valence-corrected chi connectivity index (χ1v) is 8.36. The molecule has 0 aliphatic carbocycles. The van der Waals surface area contributed by atoms with E-state index in [1.165, 1.54) is 6.92 Å². The number of aromatic nitrogens is 2. The Balaban J connectivity index is 1.46. The first kappa shape index (κ1) is 15.1. The van der Waals surface area contributed by atoms with E-state index in [9.17, 15) is 4.79 Å². The molecule has 2 N–H and O–H groups in total. The van der Waals surface area contributed by atoms with E-state index in [-0.39, 0.29) is 5.91 Å². The summed E-state index contributed by atoms with van der Waals surface area (Å²) in [5.74, 6) is 2.38. The van der Waals surface area contributed by atoms with Crippen molar-refractivity contribution in [3.8, 4) is 11.3 Å². The van der Waals surface area contributed by atoms with Crippen LogP contribution in [-0.2, 0) is 4.79 Å². The number of fused-ring (bicyclic) bond motifs is 1. The molecule has 2 fully saturated rings. The van der Waals surface area contributed by atoms with Crippen LogP contribution in [0.1, 0.15) is 6.92 Å². The summed E-state index contributed by atoms with van der Waals surface area (Å²) < 4.78 is 0. The number of benzene rings is 1. The molecule has 6 heteroatoms. The van der Waals surface area contributed by atoms with Crippen molar-refractivity contribution < 1.29 is 4.79 Å². The lowest BCUT2D eigenvalue weighted by Gasteiger charge is -2.17. The molecular weight excluding hydrogens is 302 g/mol. The van der Waals surface area contributed by atoms with E-state index in [1.54, 1.807) is 0 Å². The molecule has 0 spiro atoms. The van der Waals surface area contributed by atoms with E-state index in [0.29, 0.717) is 0 Å². The smallest absolute Gasteiger partial charge is 0.221 e. The molecule has 0 radical (unpaired) electrons. The van der Waals surface area contributed by atoms with Gasteiger partial charge in [-0.25, -0.2) is 0 Å². The molecule has 3 heterocycles. The molecule has 2 saturated heterocycles. The number of hydrogen-bond acceptors (Lipinski definition) is 5. The minimum Gasteiger partial charge on any atom is -0.354 e. The van der Waals surface area contributed by atoms with E-state index < -0.39 is 0 Å². The third kappa shape index (κ3) is 2.97. The highest BCUT2D eigenvalue weighted by Crippen LogP contribution is 2.29. The normalized spacial score (nSPS) is 22.5. The molecular formula is C18H21N5O. The van der Waals surface area contributed by atoms with Gasteiger partial charge in [0.25, 0.3) is 0 Å². The number of carbonyl (C=O) groups excluding carboxylic acids is 1. The first-order valence-electron chi connectivity index (χ1n) is 8.36. The minimum absolute atomic E-state index is 0.0718. The average Bonchev–Trinajstić information content (AvgIpc) is 3.17. The fourth-order valence-electron chi connectivity index (χ4n) is 3.62. The fraction of sp³-hybridized carbons (Fsp3) is 0.389. The minimum atomic E-state index is -0.0718. The van der Waals surface area contributed by atoms with Crippen LogP contribution in [0.3, 0.4) is 0 Å². The Morgan fingerprint density at radius 2 is 1.79 bits per heavy atom. The van der Waals surface area contributed by atoms with Gasteiger partial charge in [0.05, 0.1) is 5.69 Å². The molecule has 2 unspecified atom stereocenters. The number of nitrogens with one attached hydrogen (secondary N) is 2. The quantitative estimate of drug-likeness (QED) is 0.901. The third-order valence-electron chi connectivity index (χ3n) is 4.87. The third-order valence-corrected chi connectivity index (χ3v) is 4.87. The van der Waals surface area contributed by atoms with Crippen LogP contribution in [0.5, 0.6) is 0 Å². The Kier molecular flexibility index (Phi) is 3.90. The molecule has 6 nitrogen and oxygen atoms in total. The average molecular weight is 323 g/mol. The van der Waals surface area contributed by atoms with E-state index in [0.717, 1.165) is 60.8 Å². The van der Waals surface area contributed by atoms with Gasteiger partial charge in [0.2, 0.25) is 5.91 Å². The van der Waals surface area contributed by atoms with Crippen LogP contribution in [-0.4, -0.2) is 42.3 Å². The first-order chi connectivity index (χ1) is 11.7. The molecule has 1 aromatic carbocycles. The Labute approximate surface area is 141 Å². The van der Waals surface area contributed by atoms with Crippen LogP contribution in [0, 0.1) is 11.8 Å². The highest BCUT2D eigenvalue weighted by atomic mass is 16.1. The number of carbonyl (C=O) groups is 1. The number of nitrogens with zero attached hydrogens (tertiary/aromatic N) is 3. The SMILES string of the molecule is CC(=O)Nc1ccc(-c2ccc(N3CC4CNCC4C3)nn2)cc1. The van der Waals surface area contributed by atoms with Crippen molar-refractivity contribution in [3.05, 3.63) is 36.4 Å². The molecule has 24 heavy (non-hydrogen) atoms. The monoisotopic (exact) mass is 323 g/mol. The summed E-state index contributed by atoms with van der Waals surface area (Å²) in [5, 5.41) is 15.0. The highest BCUT2D eigenvalue weighted by molar-refractivity contribution is 5.88. The van der Waals surface area contributed by atoms with Crippen LogP contribution in [0.4, 0.5) is 11.5 Å². The summed E-state index contributed by atoms with van der Waals surface area (Å²) in [7, 11) is 0. The van der Waals surface area contributed by atoms with Crippen LogP contribution in [0.15, 0.2) is 36.4 Å². The molecule has 2 aromatic rings. The fourth-order valence-corrected chi connectivity index (χ4v) is 3.62. The van der Waals surface area contributed by atoms with Crippen molar-refractivity contribution in [2.24, 2.45) is 11.8 Å². The zero-order chi connectivity index (χ0) is 16.5. The molecule has 124 valence electrons. The number of anilines is 2. The number of hydrogen-bond donors (Lipinski definition) is 2. The maximum atomic E-state index is 11.1. The maximum absolute atomic E-state index is 11.1. The summed E-state index contributed by atoms with van der Waals surface area (Å²) in [6.45, 7) is 5.87. The highest BCUT2D eigenvalue weighted by Gasteiger charge is 2.36. The lowest BCUT2D eigenvalue weighted by Crippen LogP contribution is -2.26. The topological polar surface area (TPSA) is 70.2 Å². The van der Waals surface area contributed by atoms with Gasteiger partial charge in [-0.1, -0.05) is 12.1 Å². The number of amides is 1. The van der Waals surface area contributed by atoms with Gasteiger partial charge >= 0.3 is 0 Å². The summed E-state index contributed by atoms with van der Waals surface area (Å²) >= 11 is 0. The zero-order valence-electron chi connectivity index (χ0n) is 13.7. The van der Waals surface area contributed by atoms with E-state index in [1.807, 2.05) is 30.3 Å². The Morgan fingerprint density at radius 3 is 2.38 bits per heavy atom. The molecule has 2 atom stereocenters. The summed E-state index contributed by atoms with van der Waals surface area (Å²) in [6.07, 6.45) is 0. The van der Waals surface area contributed by atoms with Crippen molar-refractivity contribution in [1.29, 1.82) is 0 Å². The van der Waals surface area contributed by atoms with E-state index in [2.05, 4.69) is 31.8 Å². The second kappa shape index (κ2) is 6.20. The van der Waals surface area contributed by atoms with Crippen LogP contribution in [0.25, 0.3) is 11.3 Å². The summed E-state index contributed by atoms with van der Waals surface area (Å²) in [5.41, 5.74) is 2.62. The van der Waals surface area contributed by atoms with Gasteiger partial charge in [0, 0.05) is 44.4 Å². The summed E-state index contributed by atoms with van der Waals surface area (Å²) in [6, 6.07) is 11.7. The lowest BCUT2D eigenvalue weighted by molar-refractivity contribution is -0.114. The molecule has 1 aromatic heterocycles. The molecule has 2 aliphatic rings. The summed E-state index contributed by atoms with van der Waals surface area (Å²) in [4.78, 5) is 13.4. The molecule has 4 rings (SSSR count). The van der Waals surface area contributed by atoms with Crippen molar-refractivity contribution in [2.45, 2.75) is 6.92 Å². The Morgan fingerprint density at radius 1 is 1.08 bits per heavy atom. The lowest BCUT2D eigenvalue weighted by atomic mass is 10.0. The number of rotatable bonds is 3. The predicted octanol–water partition coefficient (Wildman–Crippen LogP) is 1.76. The van der Waals surface area contributed by atoms with Gasteiger partial charge in [0.15, 0.2) is 5.82 Å². The van der Waals surface area contributed by atoms with E-state index in [4.69, 9.17) is 0 Å². The molecule has 2 aliphatic heterocycles. The van der Waals surface area contributed by atoms with Gasteiger partial charge in [-0.2, -0.15) is 0 Å². The molecule has 0 bridgehead atoms. The van der Waals surface area contributed by atoms with Crippen molar-refractivity contribution >= 4 is 17.4 Å². The van der Waals surface area contributed by atoms with Gasteiger partial charge in [-0.3, -0.25) is 4.79 Å². The van der Waals surface area contributed by atoms with E-state index >= 15 is 0 Å². The van der Waals surface area contributed by atoms with Gasteiger partial charge in [-0.15, -0.1) is 10.2 Å². The van der Waals surface area contributed by atoms with Gasteiger partial charge in [-0.05, 0) is 36.1 Å². The maximum Gasteiger partial charge on any atom is 0.221 e. The van der Waals surface area contributed by atoms with Crippen molar-refractivity contribution in [3.63, 3.8) is 0 Å². The Hall–Kier alpha value is -2.47. The molecule has 0 saturated carbocycles. The van der Waals surface area contributed by atoms with Crippen LogP contribution < -0.4 is 15.5 Å². The predicted molar refractivity (Wildman–Crippen MR) is 93.8 cm³/mol. The second-order valence-corrected chi connectivity index (χ2v) is 6.62. The standard InChI is InChI=1S/C18H21N5O/c1-12(24)20-16-4-2-13(3-5-16)17-6-7-18(22-21-17)23-10-14-8-19-9-15(14)11-23/h2-7,14-15,19H,8-11H2,1H3,(H,20,24). The van der Waals surface area contributed by atoms with Crippen molar-refractivity contribution in [1.82, 2.24) is 15.5 Å². The zero-order valence-corrected chi connectivity index (χ0v) is 13.7. The van der Waals surface area contributed by atoms with Gasteiger partial charge < -0.3 is 15.5 Å². The Bertz CT molecular complexity index is 716. The largest absolute Gasteiger partial charge is 0.354 e.